The van der Waals surface area contributed by atoms with Crippen molar-refractivity contribution in [3.63, 3.8) is 0 Å². The van der Waals surface area contributed by atoms with E-state index in [9.17, 15) is 0 Å². The van der Waals surface area contributed by atoms with Gasteiger partial charge in [-0.25, -0.2) is 0 Å². The summed E-state index contributed by atoms with van der Waals surface area (Å²) in [7, 11) is 0. The van der Waals surface area contributed by atoms with Gasteiger partial charge in [0.25, 0.3) is 0 Å². The molecule has 16 heavy (non-hydrogen) atoms. The smallest absolute Gasteiger partial charge is 0.0161 e. The van der Waals surface area contributed by atoms with E-state index in [0.29, 0.717) is 0 Å². The maximum Gasteiger partial charge on any atom is 0.0161 e. The Kier molecular flexibility index (Phi) is 4.36. The minimum atomic E-state index is -0.121. The molecular formula is C13H28N2S. The highest BCUT2D eigenvalue weighted by atomic mass is 32.2. The molecule has 0 aromatic rings. The van der Waals surface area contributed by atoms with Crippen LogP contribution < -0.4 is 5.73 Å². The van der Waals surface area contributed by atoms with Gasteiger partial charge in [-0.05, 0) is 19.3 Å². The molecule has 0 saturated carbocycles. The summed E-state index contributed by atoms with van der Waals surface area (Å²) in [5.74, 6) is 0. The zero-order valence-electron chi connectivity index (χ0n) is 11.7. The first-order valence-corrected chi connectivity index (χ1v) is 7.23. The van der Waals surface area contributed by atoms with Crippen molar-refractivity contribution >= 4 is 11.8 Å². The molecule has 0 aromatic carbocycles. The molecule has 96 valence electrons. The Morgan fingerprint density at radius 3 is 1.94 bits per heavy atom. The van der Waals surface area contributed by atoms with Gasteiger partial charge < -0.3 is 10.6 Å². The third-order valence-electron chi connectivity index (χ3n) is 3.86. The number of hydrogen-bond donors (Lipinski definition) is 1. The first kappa shape index (κ1) is 14.3. The molecule has 0 spiro atoms. The SMILES string of the molecule is CC1CN(CC(C)(C)C(C)(C)N)CC(C)S1. The van der Waals surface area contributed by atoms with E-state index < -0.39 is 0 Å². The molecule has 0 radical (unpaired) electrons. The first-order chi connectivity index (χ1) is 7.12. The predicted octanol–water partition coefficient (Wildman–Crippen LogP) is 2.58. The number of nitrogens with two attached hydrogens (primary N) is 1. The number of rotatable bonds is 3. The summed E-state index contributed by atoms with van der Waals surface area (Å²) >= 11 is 2.11. The van der Waals surface area contributed by atoms with Gasteiger partial charge in [0, 0.05) is 35.7 Å². The van der Waals surface area contributed by atoms with Crippen LogP contribution in [0, 0.1) is 5.41 Å². The Balaban J connectivity index is 2.60. The molecule has 1 aliphatic heterocycles. The molecular weight excluding hydrogens is 216 g/mol. The van der Waals surface area contributed by atoms with Crippen LogP contribution in [-0.2, 0) is 0 Å². The first-order valence-electron chi connectivity index (χ1n) is 6.28. The van der Waals surface area contributed by atoms with Crippen molar-refractivity contribution in [3.8, 4) is 0 Å². The molecule has 1 aliphatic rings. The Morgan fingerprint density at radius 2 is 1.56 bits per heavy atom. The van der Waals surface area contributed by atoms with Crippen LogP contribution in [0.3, 0.4) is 0 Å². The molecule has 0 amide bonds. The highest BCUT2D eigenvalue weighted by Gasteiger charge is 2.36. The molecule has 1 rings (SSSR count). The van der Waals surface area contributed by atoms with Crippen LogP contribution in [0.25, 0.3) is 0 Å². The van der Waals surface area contributed by atoms with E-state index in [4.69, 9.17) is 5.73 Å². The van der Waals surface area contributed by atoms with Crippen molar-refractivity contribution in [1.29, 1.82) is 0 Å². The summed E-state index contributed by atoms with van der Waals surface area (Å²) in [5.41, 5.74) is 6.31. The molecule has 1 heterocycles. The molecule has 0 aliphatic carbocycles. The van der Waals surface area contributed by atoms with Crippen LogP contribution in [0.5, 0.6) is 0 Å². The minimum Gasteiger partial charge on any atom is -0.325 e. The lowest BCUT2D eigenvalue weighted by Crippen LogP contribution is -2.55. The Labute approximate surface area is 105 Å². The van der Waals surface area contributed by atoms with E-state index >= 15 is 0 Å². The average Bonchev–Trinajstić information content (AvgIpc) is 1.97. The van der Waals surface area contributed by atoms with Gasteiger partial charge in [0.2, 0.25) is 0 Å². The number of hydrogen-bond acceptors (Lipinski definition) is 3. The maximum atomic E-state index is 6.27. The summed E-state index contributed by atoms with van der Waals surface area (Å²) in [5, 5.41) is 1.50. The summed E-state index contributed by atoms with van der Waals surface area (Å²) in [4.78, 5) is 2.58. The lowest BCUT2D eigenvalue weighted by atomic mass is 9.75. The van der Waals surface area contributed by atoms with Crippen molar-refractivity contribution < 1.29 is 0 Å². The van der Waals surface area contributed by atoms with Gasteiger partial charge in [-0.3, -0.25) is 0 Å². The molecule has 2 atom stereocenters. The average molecular weight is 244 g/mol. The molecule has 0 bridgehead atoms. The van der Waals surface area contributed by atoms with Crippen LogP contribution in [0.1, 0.15) is 41.5 Å². The topological polar surface area (TPSA) is 29.3 Å². The fourth-order valence-electron chi connectivity index (χ4n) is 2.18. The molecule has 2 N–H and O–H groups in total. The highest BCUT2D eigenvalue weighted by Crippen LogP contribution is 2.32. The van der Waals surface area contributed by atoms with E-state index in [1.54, 1.807) is 0 Å². The summed E-state index contributed by atoms with van der Waals surface area (Å²) < 4.78 is 0. The van der Waals surface area contributed by atoms with Crippen LogP contribution in [0.4, 0.5) is 0 Å². The third kappa shape index (κ3) is 3.64. The second-order valence-electron chi connectivity index (χ2n) is 6.56. The second kappa shape index (κ2) is 4.87. The van der Waals surface area contributed by atoms with Crippen molar-refractivity contribution in [2.45, 2.75) is 57.6 Å². The molecule has 3 heteroatoms. The second-order valence-corrected chi connectivity index (χ2v) is 8.44. The Morgan fingerprint density at radius 1 is 1.12 bits per heavy atom. The highest BCUT2D eigenvalue weighted by molar-refractivity contribution is 8.00. The zero-order valence-corrected chi connectivity index (χ0v) is 12.5. The van der Waals surface area contributed by atoms with Gasteiger partial charge in [-0.2, -0.15) is 11.8 Å². The van der Waals surface area contributed by atoms with Gasteiger partial charge in [0.15, 0.2) is 0 Å². The van der Waals surface area contributed by atoms with E-state index in [1.807, 2.05) is 0 Å². The third-order valence-corrected chi connectivity index (χ3v) is 5.09. The van der Waals surface area contributed by atoms with E-state index in [-0.39, 0.29) is 11.0 Å². The van der Waals surface area contributed by atoms with Crippen LogP contribution in [0.2, 0.25) is 0 Å². The minimum absolute atomic E-state index is 0.121. The summed E-state index contributed by atoms with van der Waals surface area (Å²) in [6.45, 7) is 17.0. The summed E-state index contributed by atoms with van der Waals surface area (Å²) in [6.07, 6.45) is 0. The van der Waals surface area contributed by atoms with Crippen LogP contribution in [-0.4, -0.2) is 40.6 Å². The van der Waals surface area contributed by atoms with E-state index in [0.717, 1.165) is 17.0 Å². The normalized spacial score (nSPS) is 29.4. The lowest BCUT2D eigenvalue weighted by Gasteiger charge is -2.45. The van der Waals surface area contributed by atoms with Gasteiger partial charge in [-0.15, -0.1) is 0 Å². The van der Waals surface area contributed by atoms with Crippen molar-refractivity contribution in [2.75, 3.05) is 19.6 Å². The monoisotopic (exact) mass is 244 g/mol. The maximum absolute atomic E-state index is 6.27. The van der Waals surface area contributed by atoms with E-state index in [1.165, 1.54) is 13.1 Å². The molecule has 1 fully saturated rings. The van der Waals surface area contributed by atoms with Gasteiger partial charge in [-0.1, -0.05) is 27.7 Å². The molecule has 1 saturated heterocycles. The van der Waals surface area contributed by atoms with Gasteiger partial charge >= 0.3 is 0 Å². The molecule has 0 aromatic heterocycles. The number of thioether (sulfide) groups is 1. The largest absolute Gasteiger partial charge is 0.325 e. The Hall–Kier alpha value is 0.270. The predicted molar refractivity (Wildman–Crippen MR) is 75.0 cm³/mol. The van der Waals surface area contributed by atoms with Crippen LogP contribution >= 0.6 is 11.8 Å². The van der Waals surface area contributed by atoms with Crippen molar-refractivity contribution in [1.82, 2.24) is 4.90 Å². The zero-order chi connectivity index (χ0) is 12.6. The molecule has 2 unspecified atom stereocenters. The standard InChI is InChI=1S/C13H28N2S/c1-10-7-15(8-11(2)16-10)9-12(3,4)13(5,6)14/h10-11H,7-9,14H2,1-6H3. The van der Waals surface area contributed by atoms with Crippen molar-refractivity contribution in [2.24, 2.45) is 11.1 Å². The number of nitrogens with zero attached hydrogens (tertiary/aromatic N) is 1. The summed E-state index contributed by atoms with van der Waals surface area (Å²) in [6, 6.07) is 0. The fraction of sp³-hybridized carbons (Fsp3) is 1.00. The van der Waals surface area contributed by atoms with Gasteiger partial charge in [0.1, 0.15) is 0 Å². The fourth-order valence-corrected chi connectivity index (χ4v) is 3.56. The quantitative estimate of drug-likeness (QED) is 0.827. The lowest BCUT2D eigenvalue weighted by molar-refractivity contribution is 0.112. The molecule has 2 nitrogen and oxygen atoms in total. The van der Waals surface area contributed by atoms with Crippen molar-refractivity contribution in [3.05, 3.63) is 0 Å². The van der Waals surface area contributed by atoms with E-state index in [2.05, 4.69) is 58.2 Å². The van der Waals surface area contributed by atoms with Crippen LogP contribution in [0.15, 0.2) is 0 Å². The van der Waals surface area contributed by atoms with Gasteiger partial charge in [0.05, 0.1) is 0 Å². The Bertz CT molecular complexity index is 223.